The summed E-state index contributed by atoms with van der Waals surface area (Å²) in [6.07, 6.45) is 2.86. The zero-order valence-electron chi connectivity index (χ0n) is 7.94. The normalized spacial score (nSPS) is 14.2. The van der Waals surface area contributed by atoms with Crippen LogP contribution in [0.5, 0.6) is 0 Å². The van der Waals surface area contributed by atoms with Crippen molar-refractivity contribution < 1.29 is 8.42 Å². The lowest BCUT2D eigenvalue weighted by Crippen LogP contribution is -2.28. The van der Waals surface area contributed by atoms with Gasteiger partial charge in [-0.3, -0.25) is 0 Å². The molecule has 0 aliphatic carbocycles. The van der Waals surface area contributed by atoms with Crippen LogP contribution in [0.4, 0.5) is 0 Å². The Morgan fingerprint density at radius 1 is 1.71 bits per heavy atom. The van der Waals surface area contributed by atoms with Gasteiger partial charge in [-0.2, -0.15) is 0 Å². The van der Waals surface area contributed by atoms with E-state index in [4.69, 9.17) is 11.6 Å². The van der Waals surface area contributed by atoms with Gasteiger partial charge in [-0.05, 0) is 6.92 Å². The van der Waals surface area contributed by atoms with Crippen LogP contribution in [0.1, 0.15) is 6.92 Å². The fourth-order valence-electron chi connectivity index (χ4n) is 0.826. The van der Waals surface area contributed by atoms with Gasteiger partial charge in [0.1, 0.15) is 0 Å². The van der Waals surface area contributed by atoms with Gasteiger partial charge in [0.15, 0.2) is 5.03 Å². The first-order valence-corrected chi connectivity index (χ1v) is 5.95. The van der Waals surface area contributed by atoms with E-state index < -0.39 is 10.0 Å². The van der Waals surface area contributed by atoms with Gasteiger partial charge >= 0.3 is 0 Å². The Bertz CT molecular complexity index is 399. The van der Waals surface area contributed by atoms with Gasteiger partial charge in [0.05, 0.1) is 6.33 Å². The molecule has 1 aromatic rings. The lowest BCUT2D eigenvalue weighted by molar-refractivity contribution is 0.578. The Kier molecular flexibility index (Phi) is 3.52. The van der Waals surface area contributed by atoms with E-state index in [1.54, 1.807) is 18.5 Å². The Labute approximate surface area is 88.1 Å². The fraction of sp³-hybridized carbons (Fsp3) is 0.571. The Hall–Kier alpha value is -0.590. The van der Waals surface area contributed by atoms with Crippen LogP contribution in [0.2, 0.25) is 0 Å². The molecule has 14 heavy (non-hydrogen) atoms. The van der Waals surface area contributed by atoms with Gasteiger partial charge in [-0.15, -0.1) is 11.6 Å². The lowest BCUT2D eigenvalue weighted by Gasteiger charge is -2.04. The molecule has 0 saturated heterocycles. The van der Waals surface area contributed by atoms with Crippen molar-refractivity contribution in [1.82, 2.24) is 14.3 Å². The smallest absolute Gasteiger partial charge is 0.259 e. The third kappa shape index (κ3) is 2.97. The van der Waals surface area contributed by atoms with Crippen molar-refractivity contribution in [2.24, 2.45) is 7.05 Å². The summed E-state index contributed by atoms with van der Waals surface area (Å²) in [5, 5.41) is -0.231. The number of imidazole rings is 1. The molecule has 1 atom stereocenters. The predicted molar refractivity (Wildman–Crippen MR) is 53.7 cm³/mol. The average molecular weight is 238 g/mol. The number of hydrogen-bond acceptors (Lipinski definition) is 3. The molecule has 1 aromatic heterocycles. The van der Waals surface area contributed by atoms with Gasteiger partial charge in [-0.1, -0.05) is 0 Å². The van der Waals surface area contributed by atoms with Crippen LogP contribution in [-0.4, -0.2) is 29.9 Å². The number of alkyl halides is 1. The first-order valence-electron chi connectivity index (χ1n) is 4.03. The van der Waals surface area contributed by atoms with Gasteiger partial charge in [0.25, 0.3) is 10.0 Å². The number of nitrogens with one attached hydrogen (secondary N) is 1. The van der Waals surface area contributed by atoms with Crippen molar-refractivity contribution in [3.05, 3.63) is 12.5 Å². The topological polar surface area (TPSA) is 64.0 Å². The number of halogens is 1. The van der Waals surface area contributed by atoms with Crippen molar-refractivity contribution in [3.63, 3.8) is 0 Å². The molecule has 7 heteroatoms. The number of rotatable bonds is 4. The van der Waals surface area contributed by atoms with E-state index in [0.717, 1.165) is 0 Å². The monoisotopic (exact) mass is 237 g/mol. The van der Waals surface area contributed by atoms with E-state index in [1.807, 2.05) is 0 Å². The van der Waals surface area contributed by atoms with Crippen LogP contribution in [0.25, 0.3) is 0 Å². The number of nitrogens with zero attached hydrogens (tertiary/aromatic N) is 2. The molecule has 0 radical (unpaired) electrons. The van der Waals surface area contributed by atoms with E-state index in [1.165, 1.54) is 12.5 Å². The van der Waals surface area contributed by atoms with Crippen molar-refractivity contribution in [2.75, 3.05) is 6.54 Å². The molecule has 1 unspecified atom stereocenters. The SMILES string of the molecule is CC(Cl)CNS(=O)(=O)c1cn(C)cn1. The van der Waals surface area contributed by atoms with Crippen LogP contribution in [0, 0.1) is 0 Å². The third-order valence-electron chi connectivity index (χ3n) is 1.51. The minimum absolute atomic E-state index is 0.0114. The highest BCUT2D eigenvalue weighted by Crippen LogP contribution is 2.04. The maximum atomic E-state index is 11.5. The summed E-state index contributed by atoms with van der Waals surface area (Å²) in [5.41, 5.74) is 0. The maximum Gasteiger partial charge on any atom is 0.259 e. The molecule has 0 aliphatic rings. The summed E-state index contributed by atoms with van der Waals surface area (Å²) >= 11 is 5.62. The third-order valence-corrected chi connectivity index (χ3v) is 2.97. The molecule has 0 fully saturated rings. The summed E-state index contributed by atoms with van der Waals surface area (Å²) in [4.78, 5) is 3.73. The van der Waals surface area contributed by atoms with Gasteiger partial charge in [0.2, 0.25) is 0 Å². The molecule has 1 heterocycles. The van der Waals surface area contributed by atoms with Gasteiger partial charge in [-0.25, -0.2) is 18.1 Å². The van der Waals surface area contributed by atoms with Crippen molar-refractivity contribution in [2.45, 2.75) is 17.3 Å². The molecule has 5 nitrogen and oxygen atoms in total. The Balaban J connectivity index is 2.76. The van der Waals surface area contributed by atoms with E-state index in [2.05, 4.69) is 9.71 Å². The van der Waals surface area contributed by atoms with E-state index in [0.29, 0.717) is 0 Å². The minimum atomic E-state index is -3.50. The highest BCUT2D eigenvalue weighted by atomic mass is 35.5. The van der Waals surface area contributed by atoms with Crippen LogP contribution in [0.15, 0.2) is 17.6 Å². The van der Waals surface area contributed by atoms with E-state index in [-0.39, 0.29) is 16.9 Å². The fourth-order valence-corrected chi connectivity index (χ4v) is 2.10. The first-order chi connectivity index (χ1) is 6.42. The molecule has 0 spiro atoms. The van der Waals surface area contributed by atoms with Crippen LogP contribution < -0.4 is 4.72 Å². The highest BCUT2D eigenvalue weighted by molar-refractivity contribution is 7.89. The second kappa shape index (κ2) is 4.29. The van der Waals surface area contributed by atoms with E-state index in [9.17, 15) is 8.42 Å². The molecule has 80 valence electrons. The second-order valence-corrected chi connectivity index (χ2v) is 5.47. The van der Waals surface area contributed by atoms with Gasteiger partial charge < -0.3 is 4.57 Å². The van der Waals surface area contributed by atoms with Crippen molar-refractivity contribution >= 4 is 21.6 Å². The van der Waals surface area contributed by atoms with Crippen molar-refractivity contribution in [3.8, 4) is 0 Å². The average Bonchev–Trinajstić information content (AvgIpc) is 2.49. The molecule has 1 rings (SSSR count). The molecule has 0 aliphatic heterocycles. The quantitative estimate of drug-likeness (QED) is 0.768. The highest BCUT2D eigenvalue weighted by Gasteiger charge is 2.16. The molecular formula is C7H12ClN3O2S. The zero-order valence-corrected chi connectivity index (χ0v) is 9.51. The molecule has 0 saturated carbocycles. The molecule has 1 N–H and O–H groups in total. The zero-order chi connectivity index (χ0) is 10.8. The summed E-state index contributed by atoms with van der Waals surface area (Å²) in [6.45, 7) is 1.91. The number of sulfonamides is 1. The van der Waals surface area contributed by atoms with Gasteiger partial charge in [0, 0.05) is 25.2 Å². The van der Waals surface area contributed by atoms with Crippen LogP contribution in [-0.2, 0) is 17.1 Å². The summed E-state index contributed by atoms with van der Waals surface area (Å²) in [5.74, 6) is 0. The molecule has 0 bridgehead atoms. The van der Waals surface area contributed by atoms with Crippen LogP contribution in [0.3, 0.4) is 0 Å². The molecular weight excluding hydrogens is 226 g/mol. The number of aromatic nitrogens is 2. The van der Waals surface area contributed by atoms with Crippen molar-refractivity contribution in [1.29, 1.82) is 0 Å². The lowest BCUT2D eigenvalue weighted by atomic mass is 10.5. The standard InChI is InChI=1S/C7H12ClN3O2S/c1-6(8)3-10-14(12,13)7-4-11(2)5-9-7/h4-6,10H,3H2,1-2H3. The second-order valence-electron chi connectivity index (χ2n) is 3.01. The number of hydrogen-bond donors (Lipinski definition) is 1. The Morgan fingerprint density at radius 3 is 2.79 bits per heavy atom. The Morgan fingerprint density at radius 2 is 2.36 bits per heavy atom. The summed E-state index contributed by atoms with van der Waals surface area (Å²) in [6, 6.07) is 0. The largest absolute Gasteiger partial charge is 0.339 e. The molecule has 0 aromatic carbocycles. The van der Waals surface area contributed by atoms with E-state index >= 15 is 0 Å². The minimum Gasteiger partial charge on any atom is -0.339 e. The maximum absolute atomic E-state index is 11.5. The summed E-state index contributed by atoms with van der Waals surface area (Å²) in [7, 11) is -1.80. The first kappa shape index (κ1) is 11.5. The molecule has 0 amide bonds. The number of aryl methyl sites for hydroxylation is 1. The summed E-state index contributed by atoms with van der Waals surface area (Å²) < 4.78 is 26.9. The van der Waals surface area contributed by atoms with Crippen LogP contribution >= 0.6 is 11.6 Å². The predicted octanol–water partition coefficient (Wildman–Crippen LogP) is 0.326.